The smallest absolute Gasteiger partial charge is 0.160 e. The molecule has 0 bridgehead atoms. The minimum atomic E-state index is -0.245. The lowest BCUT2D eigenvalue weighted by atomic mass is 9.78. The van der Waals surface area contributed by atoms with E-state index in [-0.39, 0.29) is 17.8 Å². The first-order valence-corrected chi connectivity index (χ1v) is 9.87. The Hall–Kier alpha value is -1.20. The maximum Gasteiger partial charge on any atom is 0.160 e. The van der Waals surface area contributed by atoms with Crippen molar-refractivity contribution in [2.45, 2.75) is 44.6 Å². The zero-order valence-corrected chi connectivity index (χ0v) is 14.8. The predicted molar refractivity (Wildman–Crippen MR) is 95.8 cm³/mol. The fraction of sp³-hybridized carbons (Fsp3) is 0.750. The molecule has 4 aliphatic rings. The quantitative estimate of drug-likeness (QED) is 0.848. The Labute approximate surface area is 149 Å². The van der Waals surface area contributed by atoms with Crippen LogP contribution in [0, 0.1) is 23.7 Å². The van der Waals surface area contributed by atoms with Gasteiger partial charge in [-0.15, -0.1) is 0 Å². The minimum Gasteiger partial charge on any atom is -0.396 e. The third-order valence-electron chi connectivity index (χ3n) is 6.56. The molecule has 0 aromatic carbocycles. The summed E-state index contributed by atoms with van der Waals surface area (Å²) < 4.78 is 13.3. The van der Waals surface area contributed by atoms with Crippen molar-refractivity contribution in [1.82, 2.24) is 4.90 Å². The highest BCUT2D eigenvalue weighted by molar-refractivity contribution is 5.92. The first-order valence-electron chi connectivity index (χ1n) is 9.87. The number of allylic oxidation sites excluding steroid dienone is 2. The van der Waals surface area contributed by atoms with Gasteiger partial charge in [-0.25, -0.2) is 4.39 Å². The first kappa shape index (κ1) is 17.2. The Balaban J connectivity index is 1.30. The normalized spacial score (nSPS) is 36.6. The van der Waals surface area contributed by atoms with Gasteiger partial charge >= 0.3 is 0 Å². The number of hydrogen-bond donors (Lipinski definition) is 1. The van der Waals surface area contributed by atoms with Gasteiger partial charge in [0.1, 0.15) is 5.83 Å². The Morgan fingerprint density at radius 3 is 2.68 bits per heavy atom. The van der Waals surface area contributed by atoms with Crippen molar-refractivity contribution in [1.29, 1.82) is 0 Å². The van der Waals surface area contributed by atoms with E-state index < -0.39 is 0 Å². The van der Waals surface area contributed by atoms with E-state index in [2.05, 4.69) is 10.1 Å². The number of aliphatic hydroxyl groups excluding tert-OH is 1. The zero-order chi connectivity index (χ0) is 17.2. The van der Waals surface area contributed by atoms with Crippen molar-refractivity contribution < 1.29 is 14.3 Å². The molecule has 0 amide bonds. The fourth-order valence-corrected chi connectivity index (χ4v) is 5.02. The van der Waals surface area contributed by atoms with Crippen molar-refractivity contribution in [3.63, 3.8) is 0 Å². The zero-order valence-electron chi connectivity index (χ0n) is 14.8. The molecule has 4 rings (SSSR count). The molecule has 2 heterocycles. The van der Waals surface area contributed by atoms with E-state index in [0.29, 0.717) is 24.4 Å². The molecule has 0 spiro atoms. The topological polar surface area (TPSA) is 45.1 Å². The van der Waals surface area contributed by atoms with Gasteiger partial charge in [0.05, 0.1) is 11.6 Å². The molecule has 0 radical (unpaired) electrons. The summed E-state index contributed by atoms with van der Waals surface area (Å²) in [7, 11) is 0. The SMILES string of the molecule is OC[C@@H]1CCCC[C@H]1CN1CCC(C2=NOC3C=C(F)C=CC23)CC1. The summed E-state index contributed by atoms with van der Waals surface area (Å²) >= 11 is 0. The van der Waals surface area contributed by atoms with Crippen LogP contribution < -0.4 is 0 Å². The van der Waals surface area contributed by atoms with Gasteiger partial charge in [-0.1, -0.05) is 24.1 Å². The van der Waals surface area contributed by atoms with Crippen LogP contribution in [0.2, 0.25) is 0 Å². The van der Waals surface area contributed by atoms with Gasteiger partial charge in [-0.3, -0.25) is 0 Å². The predicted octanol–water partition coefficient (Wildman–Crippen LogP) is 3.29. The summed E-state index contributed by atoms with van der Waals surface area (Å²) in [5.74, 6) is 1.49. The van der Waals surface area contributed by atoms with E-state index in [1.165, 1.54) is 31.8 Å². The Morgan fingerprint density at radius 2 is 1.92 bits per heavy atom. The number of fused-ring (bicyclic) bond motifs is 1. The molecule has 2 fully saturated rings. The van der Waals surface area contributed by atoms with Gasteiger partial charge in [-0.2, -0.15) is 0 Å². The van der Waals surface area contributed by atoms with Gasteiger partial charge in [0.25, 0.3) is 0 Å². The summed E-state index contributed by atoms with van der Waals surface area (Å²) in [6, 6.07) is 0. The Morgan fingerprint density at radius 1 is 1.16 bits per heavy atom. The molecule has 5 heteroatoms. The molecular weight excluding hydrogens is 319 g/mol. The third-order valence-corrected chi connectivity index (χ3v) is 6.56. The molecule has 0 aromatic heterocycles. The molecule has 0 aromatic rings. The number of halogens is 1. The number of rotatable bonds is 4. The second-order valence-electron chi connectivity index (χ2n) is 8.08. The van der Waals surface area contributed by atoms with Crippen LogP contribution in [0.3, 0.4) is 0 Å². The number of piperidine rings is 1. The first-order chi connectivity index (χ1) is 12.2. The lowest BCUT2D eigenvalue weighted by molar-refractivity contribution is 0.0883. The van der Waals surface area contributed by atoms with Crippen LogP contribution in [0.4, 0.5) is 4.39 Å². The number of nitrogens with zero attached hydrogens (tertiary/aromatic N) is 2. The Bertz CT molecular complexity index is 566. The molecule has 1 saturated carbocycles. The average molecular weight is 348 g/mol. The van der Waals surface area contributed by atoms with Crippen molar-refractivity contribution in [3.05, 3.63) is 24.1 Å². The van der Waals surface area contributed by atoms with E-state index >= 15 is 0 Å². The van der Waals surface area contributed by atoms with Gasteiger partial charge in [0.15, 0.2) is 6.10 Å². The van der Waals surface area contributed by atoms with Gasteiger partial charge in [0, 0.05) is 19.1 Å². The maximum atomic E-state index is 13.3. The van der Waals surface area contributed by atoms with Crippen molar-refractivity contribution in [2.24, 2.45) is 28.8 Å². The van der Waals surface area contributed by atoms with Crippen LogP contribution in [0.25, 0.3) is 0 Å². The maximum absolute atomic E-state index is 13.3. The van der Waals surface area contributed by atoms with E-state index in [9.17, 15) is 9.50 Å². The molecule has 2 aliphatic carbocycles. The monoisotopic (exact) mass is 348 g/mol. The molecule has 2 unspecified atom stereocenters. The number of hydrogen-bond acceptors (Lipinski definition) is 4. The molecular formula is C20H29FN2O2. The second-order valence-corrected chi connectivity index (χ2v) is 8.08. The van der Waals surface area contributed by atoms with Crippen LogP contribution in [0.5, 0.6) is 0 Å². The molecule has 25 heavy (non-hydrogen) atoms. The van der Waals surface area contributed by atoms with Crippen LogP contribution in [-0.4, -0.2) is 48.1 Å². The second kappa shape index (κ2) is 7.58. The lowest BCUT2D eigenvalue weighted by Gasteiger charge is -2.38. The van der Waals surface area contributed by atoms with Gasteiger partial charge < -0.3 is 14.8 Å². The van der Waals surface area contributed by atoms with Crippen molar-refractivity contribution in [3.8, 4) is 0 Å². The van der Waals surface area contributed by atoms with Crippen molar-refractivity contribution in [2.75, 3.05) is 26.2 Å². The minimum absolute atomic E-state index is 0.119. The molecule has 4 nitrogen and oxygen atoms in total. The molecule has 2 aliphatic heterocycles. The summed E-state index contributed by atoms with van der Waals surface area (Å²) in [5, 5.41) is 13.9. The number of oxime groups is 1. The highest BCUT2D eigenvalue weighted by Crippen LogP contribution is 2.35. The van der Waals surface area contributed by atoms with E-state index in [4.69, 9.17) is 4.84 Å². The summed E-state index contributed by atoms with van der Waals surface area (Å²) in [4.78, 5) is 8.02. The van der Waals surface area contributed by atoms with Gasteiger partial charge in [-0.05, 0) is 62.8 Å². The average Bonchev–Trinajstić information content (AvgIpc) is 3.06. The Kier molecular flexibility index (Phi) is 5.23. The molecule has 4 atom stereocenters. The third kappa shape index (κ3) is 3.68. The van der Waals surface area contributed by atoms with E-state index in [1.54, 1.807) is 6.08 Å². The lowest BCUT2D eigenvalue weighted by Crippen LogP contribution is -2.42. The fourth-order valence-electron chi connectivity index (χ4n) is 5.02. The largest absolute Gasteiger partial charge is 0.396 e. The van der Waals surface area contributed by atoms with E-state index in [1.807, 2.05) is 6.08 Å². The van der Waals surface area contributed by atoms with Crippen LogP contribution in [0.15, 0.2) is 29.2 Å². The molecule has 1 saturated heterocycles. The molecule has 1 N–H and O–H groups in total. The summed E-state index contributed by atoms with van der Waals surface area (Å²) in [5.41, 5.74) is 1.11. The van der Waals surface area contributed by atoms with Crippen LogP contribution in [0.1, 0.15) is 38.5 Å². The number of aliphatic hydroxyl groups is 1. The summed E-state index contributed by atoms with van der Waals surface area (Å²) in [6.45, 7) is 3.64. The van der Waals surface area contributed by atoms with Crippen LogP contribution >= 0.6 is 0 Å². The number of likely N-dealkylation sites (tertiary alicyclic amines) is 1. The summed E-state index contributed by atoms with van der Waals surface area (Å²) in [6.07, 6.45) is 12.0. The highest BCUT2D eigenvalue weighted by atomic mass is 19.1. The van der Waals surface area contributed by atoms with Gasteiger partial charge in [0.2, 0.25) is 0 Å². The standard InChI is InChI=1S/C20H29FN2O2/c21-17-5-6-18-19(11-17)25-22-20(18)14-7-9-23(10-8-14)12-15-3-1-2-4-16(15)13-24/h5-6,11,14-16,18-19,24H,1-4,7-10,12-13H2/t15-,16-,18?,19?/m0/s1. The molecule has 138 valence electrons. The van der Waals surface area contributed by atoms with E-state index in [0.717, 1.165) is 38.2 Å². The van der Waals surface area contributed by atoms with Crippen LogP contribution in [-0.2, 0) is 4.84 Å². The van der Waals surface area contributed by atoms with Crippen molar-refractivity contribution >= 4 is 5.71 Å². The highest BCUT2D eigenvalue weighted by Gasteiger charge is 2.38.